The molecule has 4 nitrogen and oxygen atoms in total. The first-order valence-corrected chi connectivity index (χ1v) is 7.19. The highest BCUT2D eigenvalue weighted by Gasteiger charge is 2.38. The van der Waals surface area contributed by atoms with Crippen molar-refractivity contribution in [3.8, 4) is 0 Å². The molecule has 1 aliphatic rings. The molecule has 0 spiro atoms. The van der Waals surface area contributed by atoms with Crippen molar-refractivity contribution in [3.05, 3.63) is 16.1 Å². The van der Waals surface area contributed by atoms with Crippen molar-refractivity contribution in [1.29, 1.82) is 0 Å². The van der Waals surface area contributed by atoms with Crippen LogP contribution in [0.4, 0.5) is 0 Å². The maximum atomic E-state index is 12.3. The number of thiazole rings is 1. The number of hydrogen-bond acceptors (Lipinski definition) is 4. The Balaban J connectivity index is 2.04. The summed E-state index contributed by atoms with van der Waals surface area (Å²) in [6, 6.07) is -0.0651. The van der Waals surface area contributed by atoms with Gasteiger partial charge in [-0.2, -0.15) is 0 Å². The third-order valence-electron chi connectivity index (χ3n) is 3.39. The van der Waals surface area contributed by atoms with E-state index in [1.165, 1.54) is 0 Å². The molecule has 100 valence electrons. The Bertz CT molecular complexity index is 436. The quantitative estimate of drug-likeness (QED) is 0.908. The van der Waals surface area contributed by atoms with E-state index < -0.39 is 5.60 Å². The molecule has 0 aromatic carbocycles. The van der Waals surface area contributed by atoms with Crippen LogP contribution in [0.25, 0.3) is 0 Å². The second kappa shape index (κ2) is 4.97. The smallest absolute Gasteiger partial charge is 0.228 e. The molecule has 18 heavy (non-hydrogen) atoms. The summed E-state index contributed by atoms with van der Waals surface area (Å²) < 4.78 is 0. The highest BCUT2D eigenvalue weighted by atomic mass is 32.1. The number of likely N-dealkylation sites (tertiary alicyclic amines) is 1. The lowest BCUT2D eigenvalue weighted by Crippen LogP contribution is -2.48. The lowest BCUT2D eigenvalue weighted by atomic mass is 9.96. The molecule has 5 heteroatoms. The first-order chi connectivity index (χ1) is 8.38. The maximum absolute atomic E-state index is 12.3. The standard InChI is InChI=1S/C13H20N2O2S/c1-9-14-10(8-18-9)7-12(16)15-6-4-5-11(15)13(2,3)17/h8,11,17H,4-7H2,1-3H3. The predicted octanol–water partition coefficient (Wildman–Crippen LogP) is 1.76. The minimum atomic E-state index is -0.829. The molecule has 1 saturated heterocycles. The topological polar surface area (TPSA) is 53.4 Å². The molecule has 1 fully saturated rings. The molecule has 1 aromatic rings. The molecular weight excluding hydrogens is 248 g/mol. The first-order valence-electron chi connectivity index (χ1n) is 6.31. The zero-order valence-electron chi connectivity index (χ0n) is 11.1. The zero-order chi connectivity index (χ0) is 13.3. The molecule has 1 unspecified atom stereocenters. The van der Waals surface area contributed by atoms with Crippen molar-refractivity contribution < 1.29 is 9.90 Å². The molecule has 0 radical (unpaired) electrons. The molecule has 1 aliphatic heterocycles. The van der Waals surface area contributed by atoms with Gasteiger partial charge in [-0.1, -0.05) is 0 Å². The van der Waals surface area contributed by atoms with Crippen LogP contribution in [0.2, 0.25) is 0 Å². The summed E-state index contributed by atoms with van der Waals surface area (Å²) in [6.07, 6.45) is 2.19. The van der Waals surface area contributed by atoms with Crippen molar-refractivity contribution in [1.82, 2.24) is 9.88 Å². The Kier molecular flexibility index (Phi) is 3.73. The second-order valence-corrected chi connectivity index (χ2v) is 6.50. The summed E-state index contributed by atoms with van der Waals surface area (Å²) in [5.74, 6) is 0.0740. The van der Waals surface area contributed by atoms with E-state index in [0.29, 0.717) is 6.42 Å². The summed E-state index contributed by atoms with van der Waals surface area (Å²) in [5.41, 5.74) is 0.00773. The third-order valence-corrected chi connectivity index (χ3v) is 4.21. The van der Waals surface area contributed by atoms with Gasteiger partial charge in [-0.3, -0.25) is 4.79 Å². The van der Waals surface area contributed by atoms with Gasteiger partial charge in [-0.15, -0.1) is 11.3 Å². The van der Waals surface area contributed by atoms with Crippen molar-refractivity contribution in [2.45, 2.75) is 51.7 Å². The summed E-state index contributed by atoms with van der Waals surface area (Å²) in [5, 5.41) is 13.0. The van der Waals surface area contributed by atoms with E-state index in [0.717, 1.165) is 30.1 Å². The van der Waals surface area contributed by atoms with Crippen LogP contribution in [0.5, 0.6) is 0 Å². The average Bonchev–Trinajstić information content (AvgIpc) is 2.85. The van der Waals surface area contributed by atoms with E-state index in [-0.39, 0.29) is 11.9 Å². The molecule has 0 saturated carbocycles. The Morgan fingerprint density at radius 3 is 2.94 bits per heavy atom. The molecule has 1 N–H and O–H groups in total. The fourth-order valence-electron chi connectivity index (χ4n) is 2.55. The van der Waals surface area contributed by atoms with Gasteiger partial charge in [0.05, 0.1) is 28.8 Å². The number of aromatic nitrogens is 1. The van der Waals surface area contributed by atoms with E-state index >= 15 is 0 Å². The number of aliphatic hydroxyl groups is 1. The minimum Gasteiger partial charge on any atom is -0.388 e. The lowest BCUT2D eigenvalue weighted by Gasteiger charge is -2.33. The van der Waals surface area contributed by atoms with Crippen molar-refractivity contribution in [3.63, 3.8) is 0 Å². The monoisotopic (exact) mass is 268 g/mol. The number of carbonyl (C=O) groups excluding carboxylic acids is 1. The highest BCUT2D eigenvalue weighted by Crippen LogP contribution is 2.27. The van der Waals surface area contributed by atoms with E-state index in [4.69, 9.17) is 0 Å². The molecule has 1 atom stereocenters. The molecular formula is C13H20N2O2S. The summed E-state index contributed by atoms with van der Waals surface area (Å²) in [4.78, 5) is 18.4. The van der Waals surface area contributed by atoms with Crippen LogP contribution >= 0.6 is 11.3 Å². The van der Waals surface area contributed by atoms with Crippen molar-refractivity contribution in [2.24, 2.45) is 0 Å². The van der Waals surface area contributed by atoms with E-state index in [1.807, 2.05) is 17.2 Å². The van der Waals surface area contributed by atoms with Gasteiger partial charge in [-0.05, 0) is 33.6 Å². The Morgan fingerprint density at radius 2 is 2.39 bits per heavy atom. The third kappa shape index (κ3) is 2.90. The fourth-order valence-corrected chi connectivity index (χ4v) is 3.16. The average molecular weight is 268 g/mol. The highest BCUT2D eigenvalue weighted by molar-refractivity contribution is 7.09. The molecule has 0 bridgehead atoms. The lowest BCUT2D eigenvalue weighted by molar-refractivity contribution is -0.135. The molecule has 2 heterocycles. The van der Waals surface area contributed by atoms with Gasteiger partial charge in [0.15, 0.2) is 0 Å². The van der Waals surface area contributed by atoms with Gasteiger partial charge in [-0.25, -0.2) is 4.98 Å². The van der Waals surface area contributed by atoms with E-state index in [1.54, 1.807) is 25.2 Å². The van der Waals surface area contributed by atoms with Gasteiger partial charge in [0, 0.05) is 11.9 Å². The van der Waals surface area contributed by atoms with Gasteiger partial charge in [0.25, 0.3) is 0 Å². The molecule has 2 rings (SSSR count). The van der Waals surface area contributed by atoms with Crippen LogP contribution in [0, 0.1) is 6.92 Å². The van der Waals surface area contributed by atoms with E-state index in [2.05, 4.69) is 4.98 Å². The zero-order valence-corrected chi connectivity index (χ0v) is 12.0. The van der Waals surface area contributed by atoms with Gasteiger partial charge >= 0.3 is 0 Å². The number of amides is 1. The van der Waals surface area contributed by atoms with Crippen LogP contribution in [0.15, 0.2) is 5.38 Å². The van der Waals surface area contributed by atoms with Gasteiger partial charge in [0.2, 0.25) is 5.91 Å². The largest absolute Gasteiger partial charge is 0.388 e. The SMILES string of the molecule is Cc1nc(CC(=O)N2CCCC2C(C)(C)O)cs1. The summed E-state index contributed by atoms with van der Waals surface area (Å²) in [7, 11) is 0. The van der Waals surface area contributed by atoms with Gasteiger partial charge < -0.3 is 10.0 Å². The number of rotatable bonds is 3. The summed E-state index contributed by atoms with van der Waals surface area (Å²) >= 11 is 1.56. The minimum absolute atomic E-state index is 0.0651. The first kappa shape index (κ1) is 13.5. The Labute approximate surface area is 112 Å². The van der Waals surface area contributed by atoms with Crippen LogP contribution in [-0.2, 0) is 11.2 Å². The Hall–Kier alpha value is -0.940. The number of carbonyl (C=O) groups is 1. The number of nitrogens with zero attached hydrogens (tertiary/aromatic N) is 2. The van der Waals surface area contributed by atoms with Crippen LogP contribution in [0.1, 0.15) is 37.4 Å². The van der Waals surface area contributed by atoms with Crippen molar-refractivity contribution >= 4 is 17.2 Å². The predicted molar refractivity (Wildman–Crippen MR) is 71.6 cm³/mol. The molecule has 1 aromatic heterocycles. The fraction of sp³-hybridized carbons (Fsp3) is 0.692. The van der Waals surface area contributed by atoms with Crippen LogP contribution in [0.3, 0.4) is 0 Å². The molecule has 0 aliphatic carbocycles. The van der Waals surface area contributed by atoms with Crippen molar-refractivity contribution in [2.75, 3.05) is 6.54 Å². The van der Waals surface area contributed by atoms with Crippen LogP contribution in [-0.4, -0.2) is 39.1 Å². The number of aryl methyl sites for hydroxylation is 1. The Morgan fingerprint density at radius 1 is 1.67 bits per heavy atom. The normalized spacial score (nSPS) is 20.4. The maximum Gasteiger partial charge on any atom is 0.228 e. The van der Waals surface area contributed by atoms with Gasteiger partial charge in [0.1, 0.15) is 0 Å². The molecule has 1 amide bonds. The summed E-state index contributed by atoms with van der Waals surface area (Å²) in [6.45, 7) is 6.23. The second-order valence-electron chi connectivity index (χ2n) is 5.43. The van der Waals surface area contributed by atoms with E-state index in [9.17, 15) is 9.90 Å². The number of hydrogen-bond donors (Lipinski definition) is 1. The van der Waals surface area contributed by atoms with Crippen LogP contribution < -0.4 is 0 Å².